The summed E-state index contributed by atoms with van der Waals surface area (Å²) in [6.07, 6.45) is 2.10. The lowest BCUT2D eigenvalue weighted by molar-refractivity contribution is 0.102. The van der Waals surface area contributed by atoms with Gasteiger partial charge in [-0.05, 0) is 35.0 Å². The molecule has 0 saturated carbocycles. The lowest BCUT2D eigenvalue weighted by atomic mass is 10.1. The summed E-state index contributed by atoms with van der Waals surface area (Å²) in [6, 6.07) is 21.6. The Morgan fingerprint density at radius 2 is 1.81 bits per heavy atom. The maximum atomic E-state index is 12.6. The van der Waals surface area contributed by atoms with E-state index >= 15 is 0 Å². The number of imidazole rings is 1. The third-order valence-electron chi connectivity index (χ3n) is 4.75. The Labute approximate surface area is 161 Å². The molecule has 4 nitrogen and oxygen atoms in total. The number of amides is 1. The molecule has 0 unspecified atom stereocenters. The van der Waals surface area contributed by atoms with Crippen molar-refractivity contribution in [3.05, 3.63) is 78.5 Å². The number of benzene rings is 3. The monoisotopic (exact) mass is 371 g/mol. The predicted molar refractivity (Wildman–Crippen MR) is 110 cm³/mol. The minimum absolute atomic E-state index is 0.106. The highest BCUT2D eigenvalue weighted by Gasteiger charge is 2.15. The number of nitrogens with one attached hydrogen (secondary N) is 1. The van der Waals surface area contributed by atoms with E-state index in [4.69, 9.17) is 0 Å². The molecule has 1 aliphatic rings. The number of anilines is 1. The smallest absolute Gasteiger partial charge is 0.255 e. The zero-order chi connectivity index (χ0) is 18.2. The summed E-state index contributed by atoms with van der Waals surface area (Å²) < 4.78 is 2.19. The second-order valence-corrected chi connectivity index (χ2v) is 7.61. The van der Waals surface area contributed by atoms with E-state index in [1.165, 1.54) is 0 Å². The first-order valence-corrected chi connectivity index (χ1v) is 9.85. The van der Waals surface area contributed by atoms with Gasteiger partial charge in [-0.3, -0.25) is 4.79 Å². The Morgan fingerprint density at radius 3 is 2.63 bits per heavy atom. The summed E-state index contributed by atoms with van der Waals surface area (Å²) in [5, 5.41) is 6.24. The van der Waals surface area contributed by atoms with Crippen LogP contribution in [0.4, 0.5) is 5.69 Å². The molecule has 4 aromatic rings. The van der Waals surface area contributed by atoms with E-state index < -0.39 is 0 Å². The Morgan fingerprint density at radius 1 is 1.00 bits per heavy atom. The van der Waals surface area contributed by atoms with Gasteiger partial charge in [0.15, 0.2) is 5.16 Å². The first-order chi connectivity index (χ1) is 13.3. The number of carbonyl (C=O) groups excluding carboxylic acids is 1. The second-order valence-electron chi connectivity index (χ2n) is 6.54. The summed E-state index contributed by atoms with van der Waals surface area (Å²) in [4.78, 5) is 17.2. The molecule has 0 bridgehead atoms. The topological polar surface area (TPSA) is 46.9 Å². The number of aryl methyl sites for hydroxylation is 1. The fourth-order valence-electron chi connectivity index (χ4n) is 3.31. The maximum Gasteiger partial charge on any atom is 0.255 e. The van der Waals surface area contributed by atoms with Gasteiger partial charge in [0.05, 0.1) is 5.69 Å². The molecule has 3 aromatic carbocycles. The number of carbonyl (C=O) groups is 1. The molecule has 0 aliphatic carbocycles. The molecular formula is C22H17N3OS. The third kappa shape index (κ3) is 3.11. The molecule has 1 amide bonds. The van der Waals surface area contributed by atoms with Crippen molar-refractivity contribution < 1.29 is 4.79 Å². The van der Waals surface area contributed by atoms with Gasteiger partial charge >= 0.3 is 0 Å². The normalized spacial score (nSPS) is 12.9. The minimum Gasteiger partial charge on any atom is -0.325 e. The van der Waals surface area contributed by atoms with E-state index in [-0.39, 0.29) is 5.91 Å². The van der Waals surface area contributed by atoms with Crippen LogP contribution in [0.25, 0.3) is 22.0 Å². The number of thioether (sulfide) groups is 1. The van der Waals surface area contributed by atoms with E-state index in [0.29, 0.717) is 5.56 Å². The molecule has 2 heterocycles. The van der Waals surface area contributed by atoms with Crippen molar-refractivity contribution in [2.24, 2.45) is 0 Å². The van der Waals surface area contributed by atoms with Gasteiger partial charge in [-0.25, -0.2) is 4.98 Å². The molecular weight excluding hydrogens is 354 g/mol. The van der Waals surface area contributed by atoms with Crippen molar-refractivity contribution in [3.8, 4) is 11.3 Å². The third-order valence-corrected chi connectivity index (χ3v) is 5.72. The molecule has 0 fully saturated rings. The quantitative estimate of drug-likeness (QED) is 0.547. The Kier molecular flexibility index (Phi) is 3.94. The molecule has 1 aromatic heterocycles. The van der Waals surface area contributed by atoms with Crippen LogP contribution in [0.1, 0.15) is 10.4 Å². The number of aromatic nitrogens is 2. The molecule has 0 atom stereocenters. The van der Waals surface area contributed by atoms with Crippen LogP contribution in [0, 0.1) is 0 Å². The van der Waals surface area contributed by atoms with Crippen molar-refractivity contribution in [1.82, 2.24) is 9.55 Å². The van der Waals surface area contributed by atoms with Crippen LogP contribution in [0.2, 0.25) is 0 Å². The Balaban J connectivity index is 1.34. The zero-order valence-electron chi connectivity index (χ0n) is 14.6. The molecule has 0 radical (unpaired) electrons. The zero-order valence-corrected chi connectivity index (χ0v) is 15.4. The van der Waals surface area contributed by atoms with Gasteiger partial charge in [-0.1, -0.05) is 54.2 Å². The average molecular weight is 371 g/mol. The summed E-state index contributed by atoms with van der Waals surface area (Å²) in [5.41, 5.74) is 3.46. The van der Waals surface area contributed by atoms with E-state index in [2.05, 4.69) is 21.1 Å². The average Bonchev–Trinajstić information content (AvgIpc) is 3.30. The van der Waals surface area contributed by atoms with Crippen LogP contribution >= 0.6 is 11.8 Å². The first kappa shape index (κ1) is 16.1. The van der Waals surface area contributed by atoms with Gasteiger partial charge in [0.1, 0.15) is 0 Å². The van der Waals surface area contributed by atoms with Crippen molar-refractivity contribution in [2.45, 2.75) is 11.7 Å². The standard InChI is InChI=1S/C22H17N3OS/c26-21(18-6-5-15-3-1-2-4-17(15)13-18)23-19-9-7-16(8-10-19)20-14-25-11-12-27-22(25)24-20/h1-10,13-14H,11-12H2,(H,23,26). The molecule has 27 heavy (non-hydrogen) atoms. The van der Waals surface area contributed by atoms with Crippen molar-refractivity contribution in [1.29, 1.82) is 0 Å². The molecule has 5 rings (SSSR count). The number of nitrogens with zero attached hydrogens (tertiary/aromatic N) is 2. The lowest BCUT2D eigenvalue weighted by Crippen LogP contribution is -2.11. The minimum atomic E-state index is -0.106. The van der Waals surface area contributed by atoms with Crippen LogP contribution in [0.15, 0.2) is 78.1 Å². The number of hydrogen-bond acceptors (Lipinski definition) is 3. The van der Waals surface area contributed by atoms with Gasteiger partial charge in [-0.15, -0.1) is 0 Å². The molecule has 1 N–H and O–H groups in total. The SMILES string of the molecule is O=C(Nc1ccc(-c2cn3c(n2)SCC3)cc1)c1ccc2ccccc2c1. The Bertz CT molecular complexity index is 1130. The van der Waals surface area contributed by atoms with Crippen molar-refractivity contribution >= 4 is 34.1 Å². The molecule has 0 saturated heterocycles. The summed E-state index contributed by atoms with van der Waals surface area (Å²) in [5.74, 6) is 0.994. The van der Waals surface area contributed by atoms with Crippen LogP contribution in [0.5, 0.6) is 0 Å². The van der Waals surface area contributed by atoms with E-state index in [9.17, 15) is 4.79 Å². The van der Waals surface area contributed by atoms with Gasteiger partial charge in [0.25, 0.3) is 5.91 Å². The highest BCUT2D eigenvalue weighted by atomic mass is 32.2. The second kappa shape index (κ2) is 6.59. The van der Waals surface area contributed by atoms with Crippen molar-refractivity contribution in [2.75, 3.05) is 11.1 Å². The fourth-order valence-corrected chi connectivity index (χ4v) is 4.25. The van der Waals surface area contributed by atoms with Crippen LogP contribution < -0.4 is 5.32 Å². The van der Waals surface area contributed by atoms with E-state index in [1.54, 1.807) is 11.8 Å². The molecule has 1 aliphatic heterocycles. The van der Waals surface area contributed by atoms with Gasteiger partial charge in [-0.2, -0.15) is 0 Å². The molecule has 5 heteroatoms. The van der Waals surface area contributed by atoms with Crippen LogP contribution in [-0.2, 0) is 6.54 Å². The molecule has 132 valence electrons. The predicted octanol–water partition coefficient (Wildman–Crippen LogP) is 5.06. The highest BCUT2D eigenvalue weighted by molar-refractivity contribution is 7.99. The van der Waals surface area contributed by atoms with Crippen LogP contribution in [0.3, 0.4) is 0 Å². The largest absolute Gasteiger partial charge is 0.325 e. The first-order valence-electron chi connectivity index (χ1n) is 8.87. The highest BCUT2D eigenvalue weighted by Crippen LogP contribution is 2.29. The number of rotatable bonds is 3. The maximum absolute atomic E-state index is 12.6. The summed E-state index contributed by atoms with van der Waals surface area (Å²) in [6.45, 7) is 1.02. The van der Waals surface area contributed by atoms with Gasteiger partial charge < -0.3 is 9.88 Å². The summed E-state index contributed by atoms with van der Waals surface area (Å²) >= 11 is 1.79. The van der Waals surface area contributed by atoms with Gasteiger partial charge in [0, 0.05) is 35.3 Å². The lowest BCUT2D eigenvalue weighted by Gasteiger charge is -2.07. The summed E-state index contributed by atoms with van der Waals surface area (Å²) in [7, 11) is 0. The molecule has 0 spiro atoms. The van der Waals surface area contributed by atoms with Crippen LogP contribution in [-0.4, -0.2) is 21.2 Å². The fraction of sp³-hybridized carbons (Fsp3) is 0.0909. The van der Waals surface area contributed by atoms with Gasteiger partial charge in [0.2, 0.25) is 0 Å². The van der Waals surface area contributed by atoms with E-state index in [0.717, 1.165) is 45.2 Å². The van der Waals surface area contributed by atoms with Crippen molar-refractivity contribution in [3.63, 3.8) is 0 Å². The number of fused-ring (bicyclic) bond motifs is 2. The Hall–Kier alpha value is -3.05. The van der Waals surface area contributed by atoms with E-state index in [1.807, 2.05) is 66.7 Å². The number of hydrogen-bond donors (Lipinski definition) is 1.